The van der Waals surface area contributed by atoms with E-state index in [1.807, 2.05) is 43.3 Å². The predicted molar refractivity (Wildman–Crippen MR) is 118 cm³/mol. The third-order valence-corrected chi connectivity index (χ3v) is 4.65. The number of halogens is 4. The van der Waals surface area contributed by atoms with Crippen molar-refractivity contribution in [3.63, 3.8) is 0 Å². The highest BCUT2D eigenvalue weighted by atomic mass is 79.9. The van der Waals surface area contributed by atoms with Crippen LogP contribution in [0.1, 0.15) is 16.1 Å². The number of carbonyl (C=O) groups is 2. The van der Waals surface area contributed by atoms with E-state index >= 15 is 0 Å². The summed E-state index contributed by atoms with van der Waals surface area (Å²) in [5.74, 6) is -1.89. The van der Waals surface area contributed by atoms with Gasteiger partial charge in [0.1, 0.15) is 11.5 Å². The third kappa shape index (κ3) is 6.16. The molecule has 3 aromatic heterocycles. The molecule has 0 saturated carbocycles. The normalized spacial score (nSPS) is 10.9. The number of nitrogens with zero attached hydrogens (tertiary/aromatic N) is 2. The summed E-state index contributed by atoms with van der Waals surface area (Å²) in [7, 11) is 0. The number of amides is 1. The topological polar surface area (TPSA) is 105 Å². The maximum Gasteiger partial charge on any atom is 0.490 e. The second-order valence-corrected chi connectivity index (χ2v) is 7.53. The Balaban J connectivity index is 0.000000383. The van der Waals surface area contributed by atoms with Gasteiger partial charge in [-0.25, -0.2) is 14.8 Å². The zero-order valence-corrected chi connectivity index (χ0v) is 18.4. The molecule has 4 aromatic rings. The number of alkyl halides is 3. The quantitative estimate of drug-likeness (QED) is 0.350. The molecule has 170 valence electrons. The number of nitrogens with one attached hydrogen (secondary N) is 1. The third-order valence-electron chi connectivity index (χ3n) is 4.16. The van der Waals surface area contributed by atoms with Gasteiger partial charge in [0.15, 0.2) is 5.76 Å². The Bertz CT molecular complexity index is 1310. The van der Waals surface area contributed by atoms with Crippen molar-refractivity contribution in [1.29, 1.82) is 0 Å². The molecule has 3 heterocycles. The molecule has 0 aliphatic carbocycles. The number of aromatic nitrogens is 2. The van der Waals surface area contributed by atoms with Gasteiger partial charge in [-0.1, -0.05) is 22.0 Å². The molecular weight excluding hydrogens is 507 g/mol. The summed E-state index contributed by atoms with van der Waals surface area (Å²) < 4.78 is 38.1. The maximum atomic E-state index is 12.9. The molecule has 0 fully saturated rings. The monoisotopic (exact) mass is 521 g/mol. The van der Waals surface area contributed by atoms with E-state index < -0.39 is 12.1 Å². The van der Waals surface area contributed by atoms with Crippen molar-refractivity contribution >= 4 is 44.5 Å². The van der Waals surface area contributed by atoms with Crippen LogP contribution in [0.25, 0.3) is 22.4 Å². The first-order valence-electron chi connectivity index (χ1n) is 9.24. The first-order chi connectivity index (χ1) is 15.5. The Hall–Kier alpha value is -3.73. The Labute approximate surface area is 193 Å². The number of furan rings is 1. The van der Waals surface area contributed by atoms with Gasteiger partial charge in [0.25, 0.3) is 5.91 Å². The van der Waals surface area contributed by atoms with Crippen molar-refractivity contribution in [2.75, 3.05) is 5.32 Å². The lowest BCUT2D eigenvalue weighted by Gasteiger charge is -2.10. The van der Waals surface area contributed by atoms with Gasteiger partial charge in [-0.15, -0.1) is 0 Å². The molecule has 0 radical (unpaired) electrons. The Kier molecular flexibility index (Phi) is 7.12. The van der Waals surface area contributed by atoms with Gasteiger partial charge in [-0.2, -0.15) is 13.2 Å². The SMILES string of the molecule is Cc1cccc(NC(=O)c2cc(-c3ccco3)nc3ccc(Br)cc23)n1.O=C(O)C(F)(F)F. The van der Waals surface area contributed by atoms with Crippen LogP contribution in [0.3, 0.4) is 0 Å². The molecule has 0 bridgehead atoms. The highest BCUT2D eigenvalue weighted by molar-refractivity contribution is 9.10. The van der Waals surface area contributed by atoms with E-state index in [4.69, 9.17) is 14.3 Å². The highest BCUT2D eigenvalue weighted by Crippen LogP contribution is 2.28. The maximum absolute atomic E-state index is 12.9. The van der Waals surface area contributed by atoms with Gasteiger partial charge >= 0.3 is 12.1 Å². The average molecular weight is 522 g/mol. The van der Waals surface area contributed by atoms with Crippen molar-refractivity contribution in [2.45, 2.75) is 13.1 Å². The lowest BCUT2D eigenvalue weighted by Crippen LogP contribution is -2.21. The molecule has 0 unspecified atom stereocenters. The number of rotatable bonds is 3. The van der Waals surface area contributed by atoms with Gasteiger partial charge in [0, 0.05) is 15.6 Å². The van der Waals surface area contributed by atoms with Gasteiger partial charge in [-0.3, -0.25) is 4.79 Å². The molecule has 0 saturated heterocycles. The number of hydrogen-bond acceptors (Lipinski definition) is 5. The molecule has 2 N–H and O–H groups in total. The first kappa shape index (κ1) is 23.9. The molecule has 0 aliphatic heterocycles. The minimum atomic E-state index is -5.08. The smallest absolute Gasteiger partial charge is 0.475 e. The molecule has 1 amide bonds. The molecular formula is C22H15BrF3N3O4. The van der Waals surface area contributed by atoms with Gasteiger partial charge < -0.3 is 14.8 Å². The van der Waals surface area contributed by atoms with Crippen LogP contribution in [0.5, 0.6) is 0 Å². The van der Waals surface area contributed by atoms with Crippen molar-refractivity contribution in [1.82, 2.24) is 9.97 Å². The molecule has 33 heavy (non-hydrogen) atoms. The van der Waals surface area contributed by atoms with Crippen LogP contribution < -0.4 is 5.32 Å². The molecule has 7 nitrogen and oxygen atoms in total. The summed E-state index contributed by atoms with van der Waals surface area (Å²) in [6.07, 6.45) is -3.50. The standard InChI is InChI=1S/C20H14BrN3O2.C2HF3O2/c1-12-4-2-6-19(22-12)24-20(25)15-11-17(18-5-3-9-26-18)23-16-8-7-13(21)10-14(15)16;3-2(4,5)1(6)7/h2-11H,1H3,(H,22,24,25);(H,6,7). The Morgan fingerprint density at radius 3 is 2.39 bits per heavy atom. The molecule has 11 heteroatoms. The van der Waals surface area contributed by atoms with E-state index in [0.29, 0.717) is 28.4 Å². The van der Waals surface area contributed by atoms with Crippen LogP contribution in [0, 0.1) is 6.92 Å². The Morgan fingerprint density at radius 2 is 1.79 bits per heavy atom. The van der Waals surface area contributed by atoms with E-state index in [1.165, 1.54) is 0 Å². The molecule has 0 spiro atoms. The lowest BCUT2D eigenvalue weighted by atomic mass is 10.1. The Morgan fingerprint density at radius 1 is 1.06 bits per heavy atom. The number of aryl methyl sites for hydroxylation is 1. The number of fused-ring (bicyclic) bond motifs is 1. The number of anilines is 1. The number of carboxylic acids is 1. The highest BCUT2D eigenvalue weighted by Gasteiger charge is 2.38. The second-order valence-electron chi connectivity index (χ2n) is 6.62. The molecule has 1 aromatic carbocycles. The fourth-order valence-electron chi connectivity index (χ4n) is 2.73. The van der Waals surface area contributed by atoms with Crippen LogP contribution >= 0.6 is 15.9 Å². The lowest BCUT2D eigenvalue weighted by molar-refractivity contribution is -0.192. The summed E-state index contributed by atoms with van der Waals surface area (Å²) in [6, 6.07) is 16.5. The number of hydrogen-bond donors (Lipinski definition) is 2. The average Bonchev–Trinajstić information content (AvgIpc) is 3.27. The number of aliphatic carboxylic acids is 1. The zero-order valence-electron chi connectivity index (χ0n) is 16.9. The summed E-state index contributed by atoms with van der Waals surface area (Å²) in [5, 5.41) is 10.7. The van der Waals surface area contributed by atoms with E-state index in [1.54, 1.807) is 24.5 Å². The summed E-state index contributed by atoms with van der Waals surface area (Å²) >= 11 is 3.46. The summed E-state index contributed by atoms with van der Waals surface area (Å²) in [6.45, 7) is 1.88. The molecule has 0 aliphatic rings. The van der Waals surface area contributed by atoms with Gasteiger partial charge in [0.05, 0.1) is 17.3 Å². The van der Waals surface area contributed by atoms with E-state index in [0.717, 1.165) is 15.6 Å². The predicted octanol–water partition coefficient (Wildman–Crippen LogP) is 5.85. The van der Waals surface area contributed by atoms with Crippen molar-refractivity contribution in [3.8, 4) is 11.5 Å². The van der Waals surface area contributed by atoms with Crippen LogP contribution in [-0.4, -0.2) is 33.1 Å². The minimum Gasteiger partial charge on any atom is -0.475 e. The number of benzene rings is 1. The van der Waals surface area contributed by atoms with E-state index in [9.17, 15) is 18.0 Å². The first-order valence-corrected chi connectivity index (χ1v) is 10.0. The van der Waals surface area contributed by atoms with Crippen LogP contribution in [0.2, 0.25) is 0 Å². The van der Waals surface area contributed by atoms with Crippen LogP contribution in [0.15, 0.2) is 69.8 Å². The molecule has 0 atom stereocenters. The number of pyridine rings is 2. The molecule has 4 rings (SSSR count). The fourth-order valence-corrected chi connectivity index (χ4v) is 3.09. The van der Waals surface area contributed by atoms with Crippen LogP contribution in [0.4, 0.5) is 19.0 Å². The van der Waals surface area contributed by atoms with Crippen LogP contribution in [-0.2, 0) is 4.79 Å². The zero-order chi connectivity index (χ0) is 24.2. The van der Waals surface area contributed by atoms with Gasteiger partial charge in [-0.05, 0) is 55.5 Å². The second kappa shape index (κ2) is 9.82. The van der Waals surface area contributed by atoms with Crippen molar-refractivity contribution < 1.29 is 32.3 Å². The van der Waals surface area contributed by atoms with E-state index in [2.05, 4.69) is 31.2 Å². The summed E-state index contributed by atoms with van der Waals surface area (Å²) in [5.41, 5.74) is 2.66. The number of carbonyl (C=O) groups excluding carboxylic acids is 1. The summed E-state index contributed by atoms with van der Waals surface area (Å²) in [4.78, 5) is 30.8. The van der Waals surface area contributed by atoms with Crippen molar-refractivity contribution in [3.05, 3.63) is 76.6 Å². The number of carboxylic acid groups (broad SMARTS) is 1. The van der Waals surface area contributed by atoms with E-state index in [-0.39, 0.29) is 5.91 Å². The minimum absolute atomic E-state index is 0.249. The van der Waals surface area contributed by atoms with Crippen molar-refractivity contribution in [2.24, 2.45) is 0 Å². The largest absolute Gasteiger partial charge is 0.490 e. The van der Waals surface area contributed by atoms with Gasteiger partial charge in [0.2, 0.25) is 0 Å². The fraction of sp³-hybridized carbons (Fsp3) is 0.0909.